The van der Waals surface area contributed by atoms with Crippen LogP contribution in [0, 0.1) is 6.92 Å². The third kappa shape index (κ3) is 1.37. The third-order valence-electron chi connectivity index (χ3n) is 4.00. The second kappa shape index (κ2) is 3.64. The molecule has 0 saturated heterocycles. The summed E-state index contributed by atoms with van der Waals surface area (Å²) < 4.78 is 0. The highest BCUT2D eigenvalue weighted by Crippen LogP contribution is 2.47. The fourth-order valence-corrected chi connectivity index (χ4v) is 3.20. The van der Waals surface area contributed by atoms with Gasteiger partial charge in [-0.25, -0.2) is 0 Å². The zero-order chi connectivity index (χ0) is 13.0. The molecule has 0 aromatic heterocycles. The van der Waals surface area contributed by atoms with Crippen LogP contribution in [0.15, 0.2) is 48.7 Å². The van der Waals surface area contributed by atoms with E-state index in [-0.39, 0.29) is 0 Å². The summed E-state index contributed by atoms with van der Waals surface area (Å²) in [5, 5.41) is 0. The van der Waals surface area contributed by atoms with Gasteiger partial charge in [0, 0.05) is 24.4 Å². The van der Waals surface area contributed by atoms with E-state index in [1.165, 1.54) is 33.6 Å². The van der Waals surface area contributed by atoms with Crippen molar-refractivity contribution >= 4 is 11.4 Å². The van der Waals surface area contributed by atoms with E-state index in [2.05, 4.69) is 72.4 Å². The molecule has 0 spiro atoms. The first-order valence-electron chi connectivity index (χ1n) is 6.65. The molecule has 2 aliphatic rings. The standard InChI is InChI=1S/C17H16N2/c1-12-6-5-9-15-13-7-3-4-8-14(13)16-10-18(2)11-19(16)17(12)15/h3-10H,11H2,1-2H3. The Morgan fingerprint density at radius 3 is 2.47 bits per heavy atom. The summed E-state index contributed by atoms with van der Waals surface area (Å²) in [6, 6.07) is 15.3. The Hall–Kier alpha value is -2.22. The van der Waals surface area contributed by atoms with Gasteiger partial charge in [-0.05, 0) is 18.1 Å². The molecule has 2 heteroatoms. The van der Waals surface area contributed by atoms with Crippen molar-refractivity contribution in [1.82, 2.24) is 4.90 Å². The van der Waals surface area contributed by atoms with Gasteiger partial charge >= 0.3 is 0 Å². The monoisotopic (exact) mass is 248 g/mol. The van der Waals surface area contributed by atoms with Crippen LogP contribution in [0.2, 0.25) is 0 Å². The lowest BCUT2D eigenvalue weighted by molar-refractivity contribution is 0.495. The molecule has 4 rings (SSSR count). The molecule has 0 saturated carbocycles. The second-order valence-electron chi connectivity index (χ2n) is 5.36. The van der Waals surface area contributed by atoms with Gasteiger partial charge in [0.05, 0.1) is 18.1 Å². The number of fused-ring (bicyclic) bond motifs is 6. The Kier molecular flexibility index (Phi) is 2.05. The normalized spacial score (nSPS) is 15.8. The predicted molar refractivity (Wildman–Crippen MR) is 79.7 cm³/mol. The van der Waals surface area contributed by atoms with Crippen LogP contribution in [0.4, 0.5) is 5.69 Å². The second-order valence-corrected chi connectivity index (χ2v) is 5.36. The molecule has 2 heterocycles. The summed E-state index contributed by atoms with van der Waals surface area (Å²) in [4.78, 5) is 4.67. The lowest BCUT2D eigenvalue weighted by Crippen LogP contribution is -2.27. The molecule has 2 aromatic carbocycles. The predicted octanol–water partition coefficient (Wildman–Crippen LogP) is 3.68. The number of rotatable bonds is 0. The van der Waals surface area contributed by atoms with Crippen molar-refractivity contribution in [2.24, 2.45) is 0 Å². The molecule has 0 amide bonds. The molecule has 2 aliphatic heterocycles. The molecule has 19 heavy (non-hydrogen) atoms. The van der Waals surface area contributed by atoms with Gasteiger partial charge in [-0.15, -0.1) is 0 Å². The lowest BCUT2D eigenvalue weighted by atomic mass is 9.90. The highest BCUT2D eigenvalue weighted by Gasteiger charge is 2.31. The van der Waals surface area contributed by atoms with E-state index in [1.807, 2.05) is 0 Å². The fourth-order valence-electron chi connectivity index (χ4n) is 3.20. The average Bonchev–Trinajstić information content (AvgIpc) is 2.81. The number of para-hydroxylation sites is 1. The van der Waals surface area contributed by atoms with Gasteiger partial charge in [0.15, 0.2) is 0 Å². The maximum Gasteiger partial charge on any atom is 0.0945 e. The first-order chi connectivity index (χ1) is 9.25. The quantitative estimate of drug-likeness (QED) is 0.701. The molecule has 0 fully saturated rings. The van der Waals surface area contributed by atoms with Crippen molar-refractivity contribution in [2.45, 2.75) is 6.92 Å². The van der Waals surface area contributed by atoms with E-state index in [9.17, 15) is 0 Å². The van der Waals surface area contributed by atoms with Crippen LogP contribution in [-0.2, 0) is 0 Å². The summed E-state index contributed by atoms with van der Waals surface area (Å²) >= 11 is 0. The SMILES string of the molecule is Cc1cccc2c1N1CN(C)C=C1c1ccccc1-2. The van der Waals surface area contributed by atoms with Gasteiger partial charge < -0.3 is 9.80 Å². The van der Waals surface area contributed by atoms with Crippen molar-refractivity contribution in [3.05, 3.63) is 59.8 Å². The van der Waals surface area contributed by atoms with Crippen molar-refractivity contribution in [2.75, 3.05) is 18.6 Å². The molecule has 94 valence electrons. The summed E-state index contributed by atoms with van der Waals surface area (Å²) in [7, 11) is 2.13. The van der Waals surface area contributed by atoms with Gasteiger partial charge in [-0.2, -0.15) is 0 Å². The maximum absolute atomic E-state index is 2.42. The van der Waals surface area contributed by atoms with Gasteiger partial charge in [0.25, 0.3) is 0 Å². The lowest BCUT2D eigenvalue weighted by Gasteiger charge is -2.32. The molecule has 0 unspecified atom stereocenters. The van der Waals surface area contributed by atoms with Crippen LogP contribution in [0.5, 0.6) is 0 Å². The van der Waals surface area contributed by atoms with Crippen LogP contribution >= 0.6 is 0 Å². The molecule has 2 aromatic rings. The molecule has 0 radical (unpaired) electrons. The first-order valence-corrected chi connectivity index (χ1v) is 6.65. The van der Waals surface area contributed by atoms with Crippen LogP contribution in [-0.4, -0.2) is 18.6 Å². The van der Waals surface area contributed by atoms with Gasteiger partial charge in [-0.1, -0.05) is 42.5 Å². The van der Waals surface area contributed by atoms with Gasteiger partial charge in [0.2, 0.25) is 0 Å². The maximum atomic E-state index is 2.42. The largest absolute Gasteiger partial charge is 0.361 e. The molecule has 2 nitrogen and oxygen atoms in total. The summed E-state index contributed by atoms with van der Waals surface area (Å²) in [6.45, 7) is 3.13. The highest BCUT2D eigenvalue weighted by molar-refractivity contribution is 6.00. The van der Waals surface area contributed by atoms with Crippen molar-refractivity contribution in [3.8, 4) is 11.1 Å². The summed E-state index contributed by atoms with van der Waals surface area (Å²) in [5.41, 5.74) is 8.05. The number of benzene rings is 2. The minimum atomic E-state index is 0.932. The number of hydrogen-bond donors (Lipinski definition) is 0. The minimum Gasteiger partial charge on any atom is -0.361 e. The molecular weight excluding hydrogens is 232 g/mol. The fraction of sp³-hybridized carbons (Fsp3) is 0.176. The Labute approximate surface area is 113 Å². The van der Waals surface area contributed by atoms with E-state index >= 15 is 0 Å². The number of anilines is 1. The van der Waals surface area contributed by atoms with Crippen molar-refractivity contribution in [1.29, 1.82) is 0 Å². The van der Waals surface area contributed by atoms with Crippen LogP contribution in [0.1, 0.15) is 11.1 Å². The van der Waals surface area contributed by atoms with E-state index in [0.29, 0.717) is 0 Å². The zero-order valence-corrected chi connectivity index (χ0v) is 11.2. The van der Waals surface area contributed by atoms with E-state index in [1.54, 1.807) is 0 Å². The Morgan fingerprint density at radius 1 is 0.895 bits per heavy atom. The third-order valence-corrected chi connectivity index (χ3v) is 4.00. The van der Waals surface area contributed by atoms with E-state index < -0.39 is 0 Å². The highest BCUT2D eigenvalue weighted by atomic mass is 15.4. The van der Waals surface area contributed by atoms with Crippen LogP contribution < -0.4 is 4.90 Å². The topological polar surface area (TPSA) is 6.48 Å². The molecular formula is C17H16N2. The molecule has 0 bridgehead atoms. The summed E-state index contributed by atoms with van der Waals surface area (Å²) in [5.74, 6) is 0. The Morgan fingerprint density at radius 2 is 1.63 bits per heavy atom. The van der Waals surface area contributed by atoms with E-state index in [0.717, 1.165) is 6.67 Å². The molecule has 0 atom stereocenters. The zero-order valence-electron chi connectivity index (χ0n) is 11.2. The van der Waals surface area contributed by atoms with Crippen LogP contribution in [0.3, 0.4) is 0 Å². The molecule has 0 N–H and O–H groups in total. The van der Waals surface area contributed by atoms with Crippen LogP contribution in [0.25, 0.3) is 16.8 Å². The number of aryl methyl sites for hydroxylation is 1. The van der Waals surface area contributed by atoms with Crippen molar-refractivity contribution < 1.29 is 0 Å². The minimum absolute atomic E-state index is 0.932. The van der Waals surface area contributed by atoms with E-state index in [4.69, 9.17) is 0 Å². The number of nitrogens with zero attached hydrogens (tertiary/aromatic N) is 2. The molecule has 0 aliphatic carbocycles. The summed E-state index contributed by atoms with van der Waals surface area (Å²) in [6.07, 6.45) is 2.24. The van der Waals surface area contributed by atoms with Crippen molar-refractivity contribution in [3.63, 3.8) is 0 Å². The van der Waals surface area contributed by atoms with Gasteiger partial charge in [0.1, 0.15) is 0 Å². The Bertz CT molecular complexity index is 700. The smallest absolute Gasteiger partial charge is 0.0945 e. The number of hydrogen-bond acceptors (Lipinski definition) is 2. The first kappa shape index (κ1) is 10.7. The van der Waals surface area contributed by atoms with Gasteiger partial charge in [-0.3, -0.25) is 0 Å². The average molecular weight is 248 g/mol. The Balaban J connectivity index is 2.09.